The molecule has 0 aliphatic carbocycles. The topological polar surface area (TPSA) is 58.2 Å². The standard InChI is InChI=1S/C13H16N2O2/c1-8-5-3-4-6-10(8)9(2)14-11-7-12(16)15-13(11)17/h3-6,9,11,14H,7H2,1-2H3,(H,15,16,17). The van der Waals surface area contributed by atoms with Gasteiger partial charge in [0.1, 0.15) is 0 Å². The molecule has 1 saturated heterocycles. The van der Waals surface area contributed by atoms with E-state index in [4.69, 9.17) is 0 Å². The highest BCUT2D eigenvalue weighted by Crippen LogP contribution is 2.18. The number of imide groups is 1. The SMILES string of the molecule is Cc1ccccc1C(C)NC1CC(=O)NC1=O. The monoisotopic (exact) mass is 232 g/mol. The summed E-state index contributed by atoms with van der Waals surface area (Å²) in [5, 5.41) is 5.48. The van der Waals surface area contributed by atoms with Crippen LogP contribution in [-0.2, 0) is 9.59 Å². The quantitative estimate of drug-likeness (QED) is 0.766. The first-order valence-corrected chi connectivity index (χ1v) is 5.73. The van der Waals surface area contributed by atoms with Crippen molar-refractivity contribution in [2.75, 3.05) is 0 Å². The van der Waals surface area contributed by atoms with Gasteiger partial charge < -0.3 is 0 Å². The summed E-state index contributed by atoms with van der Waals surface area (Å²) >= 11 is 0. The van der Waals surface area contributed by atoms with E-state index in [2.05, 4.69) is 10.6 Å². The van der Waals surface area contributed by atoms with Crippen LogP contribution < -0.4 is 10.6 Å². The van der Waals surface area contributed by atoms with Gasteiger partial charge in [0.15, 0.2) is 0 Å². The van der Waals surface area contributed by atoms with Crippen molar-refractivity contribution in [3.8, 4) is 0 Å². The van der Waals surface area contributed by atoms with Gasteiger partial charge >= 0.3 is 0 Å². The molecule has 0 aromatic heterocycles. The van der Waals surface area contributed by atoms with Crippen molar-refractivity contribution < 1.29 is 9.59 Å². The van der Waals surface area contributed by atoms with E-state index in [9.17, 15) is 9.59 Å². The molecule has 0 spiro atoms. The van der Waals surface area contributed by atoms with Crippen LogP contribution in [0.15, 0.2) is 24.3 Å². The largest absolute Gasteiger partial charge is 0.299 e. The molecule has 1 fully saturated rings. The van der Waals surface area contributed by atoms with Crippen molar-refractivity contribution in [2.45, 2.75) is 32.4 Å². The third-order valence-corrected chi connectivity index (χ3v) is 3.07. The Bertz CT molecular complexity index is 456. The number of carbonyl (C=O) groups is 2. The van der Waals surface area contributed by atoms with Crippen LogP contribution in [0.1, 0.15) is 30.5 Å². The molecule has 1 heterocycles. The molecule has 2 N–H and O–H groups in total. The second-order valence-corrected chi connectivity index (χ2v) is 4.41. The first kappa shape index (κ1) is 11.8. The van der Waals surface area contributed by atoms with Gasteiger partial charge in [-0.25, -0.2) is 0 Å². The van der Waals surface area contributed by atoms with E-state index in [1.807, 2.05) is 38.1 Å². The summed E-state index contributed by atoms with van der Waals surface area (Å²) < 4.78 is 0. The third-order valence-electron chi connectivity index (χ3n) is 3.07. The Morgan fingerprint density at radius 2 is 2.06 bits per heavy atom. The lowest BCUT2D eigenvalue weighted by molar-refractivity contribution is -0.125. The minimum absolute atomic E-state index is 0.0536. The zero-order valence-corrected chi connectivity index (χ0v) is 9.99. The summed E-state index contributed by atoms with van der Waals surface area (Å²) in [7, 11) is 0. The summed E-state index contributed by atoms with van der Waals surface area (Å²) in [4.78, 5) is 22.5. The summed E-state index contributed by atoms with van der Waals surface area (Å²) in [5.41, 5.74) is 2.33. The summed E-state index contributed by atoms with van der Waals surface area (Å²) in [6.45, 7) is 4.03. The summed E-state index contributed by atoms with van der Waals surface area (Å²) in [5.74, 6) is -0.431. The van der Waals surface area contributed by atoms with Crippen molar-refractivity contribution in [3.63, 3.8) is 0 Å². The van der Waals surface area contributed by atoms with Crippen molar-refractivity contribution >= 4 is 11.8 Å². The van der Waals surface area contributed by atoms with Crippen molar-refractivity contribution in [1.29, 1.82) is 0 Å². The minimum Gasteiger partial charge on any atom is -0.299 e. The van der Waals surface area contributed by atoms with E-state index < -0.39 is 6.04 Å². The highest BCUT2D eigenvalue weighted by atomic mass is 16.2. The minimum atomic E-state index is -0.405. The molecular formula is C13H16N2O2. The van der Waals surface area contributed by atoms with Crippen molar-refractivity contribution in [2.24, 2.45) is 0 Å². The predicted molar refractivity (Wildman–Crippen MR) is 64.3 cm³/mol. The zero-order valence-electron chi connectivity index (χ0n) is 9.99. The molecule has 0 bridgehead atoms. The van der Waals surface area contributed by atoms with Crippen LogP contribution in [0.2, 0.25) is 0 Å². The van der Waals surface area contributed by atoms with Gasteiger partial charge in [-0.3, -0.25) is 20.2 Å². The summed E-state index contributed by atoms with van der Waals surface area (Å²) in [6.07, 6.45) is 0.231. The fraction of sp³-hybridized carbons (Fsp3) is 0.385. The Balaban J connectivity index is 2.07. The van der Waals surface area contributed by atoms with E-state index in [1.165, 1.54) is 5.56 Å². The van der Waals surface area contributed by atoms with Gasteiger partial charge in [-0.2, -0.15) is 0 Å². The maximum absolute atomic E-state index is 11.4. The van der Waals surface area contributed by atoms with Crippen LogP contribution in [0.5, 0.6) is 0 Å². The van der Waals surface area contributed by atoms with Crippen LogP contribution in [0.25, 0.3) is 0 Å². The van der Waals surface area contributed by atoms with Gasteiger partial charge in [-0.05, 0) is 25.0 Å². The van der Waals surface area contributed by atoms with E-state index in [0.29, 0.717) is 0 Å². The number of nitrogens with one attached hydrogen (secondary N) is 2. The maximum atomic E-state index is 11.4. The fourth-order valence-corrected chi connectivity index (χ4v) is 2.15. The second kappa shape index (κ2) is 4.67. The normalized spacial score (nSPS) is 21.4. The predicted octanol–water partition coefficient (Wildman–Crippen LogP) is 1.06. The smallest absolute Gasteiger partial charge is 0.244 e. The number of rotatable bonds is 3. The van der Waals surface area contributed by atoms with Gasteiger partial charge in [0.05, 0.1) is 12.5 Å². The molecule has 1 aliphatic rings. The van der Waals surface area contributed by atoms with Gasteiger partial charge in [0.2, 0.25) is 11.8 Å². The first-order chi connectivity index (χ1) is 8.08. The fourth-order valence-electron chi connectivity index (χ4n) is 2.15. The molecule has 2 unspecified atom stereocenters. The number of amides is 2. The lowest BCUT2D eigenvalue weighted by atomic mass is 10.0. The molecule has 0 radical (unpaired) electrons. The average Bonchev–Trinajstić information content (AvgIpc) is 2.58. The lowest BCUT2D eigenvalue weighted by Gasteiger charge is -2.19. The molecule has 1 aromatic carbocycles. The van der Waals surface area contributed by atoms with E-state index in [0.717, 1.165) is 5.56 Å². The number of carbonyl (C=O) groups excluding carboxylic acids is 2. The molecule has 2 atom stereocenters. The van der Waals surface area contributed by atoms with E-state index in [1.54, 1.807) is 0 Å². The Morgan fingerprint density at radius 3 is 2.65 bits per heavy atom. The van der Waals surface area contributed by atoms with Gasteiger partial charge in [-0.15, -0.1) is 0 Å². The molecule has 4 nitrogen and oxygen atoms in total. The van der Waals surface area contributed by atoms with Crippen LogP contribution in [-0.4, -0.2) is 17.9 Å². The Hall–Kier alpha value is -1.68. The van der Waals surface area contributed by atoms with Gasteiger partial charge in [-0.1, -0.05) is 24.3 Å². The number of aryl methyl sites for hydroxylation is 1. The summed E-state index contributed by atoms with van der Waals surface area (Å²) in [6, 6.07) is 7.67. The van der Waals surface area contributed by atoms with Crippen LogP contribution >= 0.6 is 0 Å². The second-order valence-electron chi connectivity index (χ2n) is 4.41. The molecule has 2 rings (SSSR count). The highest BCUT2D eigenvalue weighted by molar-refractivity contribution is 6.05. The highest BCUT2D eigenvalue weighted by Gasteiger charge is 2.31. The van der Waals surface area contributed by atoms with Gasteiger partial charge in [0, 0.05) is 6.04 Å². The van der Waals surface area contributed by atoms with E-state index >= 15 is 0 Å². The van der Waals surface area contributed by atoms with Crippen LogP contribution in [0.4, 0.5) is 0 Å². The average molecular weight is 232 g/mol. The Morgan fingerprint density at radius 1 is 1.35 bits per heavy atom. The van der Waals surface area contributed by atoms with Gasteiger partial charge in [0.25, 0.3) is 0 Å². The molecule has 0 saturated carbocycles. The van der Waals surface area contributed by atoms with Crippen molar-refractivity contribution in [3.05, 3.63) is 35.4 Å². The maximum Gasteiger partial charge on any atom is 0.244 e. The number of benzene rings is 1. The zero-order chi connectivity index (χ0) is 12.4. The number of hydrogen-bond acceptors (Lipinski definition) is 3. The Kier molecular flexibility index (Phi) is 3.24. The Labute approximate surface area is 100 Å². The molecule has 1 aliphatic heterocycles. The van der Waals surface area contributed by atoms with Crippen LogP contribution in [0, 0.1) is 6.92 Å². The first-order valence-electron chi connectivity index (χ1n) is 5.73. The molecule has 1 aromatic rings. The molecule has 2 amide bonds. The molecule has 17 heavy (non-hydrogen) atoms. The molecule has 4 heteroatoms. The lowest BCUT2D eigenvalue weighted by Crippen LogP contribution is -2.37. The molecule has 90 valence electrons. The van der Waals surface area contributed by atoms with Crippen LogP contribution in [0.3, 0.4) is 0 Å². The third kappa shape index (κ3) is 2.53. The van der Waals surface area contributed by atoms with Crippen molar-refractivity contribution in [1.82, 2.24) is 10.6 Å². The molecular weight excluding hydrogens is 216 g/mol. The van der Waals surface area contributed by atoms with E-state index in [-0.39, 0.29) is 24.3 Å². The number of hydrogen-bond donors (Lipinski definition) is 2.